The van der Waals surface area contributed by atoms with Crippen molar-refractivity contribution < 1.29 is 38.8 Å². The van der Waals surface area contributed by atoms with Gasteiger partial charge in [-0.2, -0.15) is 0 Å². The van der Waals surface area contributed by atoms with Crippen molar-refractivity contribution in [1.82, 2.24) is 4.90 Å². The highest BCUT2D eigenvalue weighted by Gasteiger charge is 2.65. The maximum atomic E-state index is 14.8. The van der Waals surface area contributed by atoms with Crippen LogP contribution in [0.3, 0.4) is 0 Å². The molecule has 2 aliphatic carbocycles. The highest BCUT2D eigenvalue weighted by molar-refractivity contribution is 6.18. The van der Waals surface area contributed by atoms with Gasteiger partial charge in [0.15, 0.2) is 0 Å². The smallest absolute Gasteiger partial charge is 0.410 e. The fourth-order valence-corrected chi connectivity index (χ4v) is 9.85. The fraction of sp³-hybridized carbons (Fsp3) is 0.412. The van der Waals surface area contributed by atoms with E-state index >= 15 is 0 Å². The minimum Gasteiger partial charge on any atom is -0.490 e. The minimum absolute atomic E-state index is 0.0115. The summed E-state index contributed by atoms with van der Waals surface area (Å²) < 4.78 is 26.6. The third-order valence-corrected chi connectivity index (χ3v) is 12.5. The van der Waals surface area contributed by atoms with Gasteiger partial charge in [0.1, 0.15) is 37.4 Å². The van der Waals surface area contributed by atoms with Gasteiger partial charge in [0.2, 0.25) is 5.79 Å². The van der Waals surface area contributed by atoms with Gasteiger partial charge in [-0.25, -0.2) is 4.79 Å². The summed E-state index contributed by atoms with van der Waals surface area (Å²) in [5.41, 5.74) is 4.50. The van der Waals surface area contributed by atoms with E-state index in [2.05, 4.69) is 43.5 Å². The summed E-state index contributed by atoms with van der Waals surface area (Å²) in [5.74, 6) is -0.596. The molecule has 7 rings (SSSR count). The van der Waals surface area contributed by atoms with Crippen molar-refractivity contribution in [2.75, 3.05) is 38.9 Å². The summed E-state index contributed by atoms with van der Waals surface area (Å²) in [5, 5.41) is 26.9. The first-order valence-corrected chi connectivity index (χ1v) is 22.4. The zero-order valence-electron chi connectivity index (χ0n) is 35.4. The number of nitrogens with zero attached hydrogens (tertiary/aromatic N) is 2. The number of carbonyl (C=O) groups is 1. The quantitative estimate of drug-likeness (QED) is 0.0347. The molecule has 0 spiro atoms. The number of amides is 1. The van der Waals surface area contributed by atoms with E-state index in [1.807, 2.05) is 66.7 Å². The van der Waals surface area contributed by atoms with E-state index in [1.54, 1.807) is 17.1 Å². The van der Waals surface area contributed by atoms with Crippen LogP contribution < -0.4 is 9.47 Å². The Morgan fingerprint density at radius 1 is 0.919 bits per heavy atom. The second-order valence-corrected chi connectivity index (χ2v) is 16.6. The van der Waals surface area contributed by atoms with Gasteiger partial charge >= 0.3 is 6.09 Å². The third kappa shape index (κ3) is 9.89. The van der Waals surface area contributed by atoms with E-state index in [0.29, 0.717) is 36.7 Å². The van der Waals surface area contributed by atoms with E-state index in [1.165, 1.54) is 0 Å². The molecule has 1 fully saturated rings. The van der Waals surface area contributed by atoms with Crippen LogP contribution in [-0.2, 0) is 27.5 Å². The molecule has 0 radical (unpaired) electrons. The van der Waals surface area contributed by atoms with Gasteiger partial charge in [-0.3, -0.25) is 4.90 Å². The number of aliphatic hydroxyl groups excluding tert-OH is 2. The summed E-state index contributed by atoms with van der Waals surface area (Å²) in [7, 11) is 0. The van der Waals surface area contributed by atoms with Crippen LogP contribution in [0, 0.1) is 17.8 Å². The van der Waals surface area contributed by atoms with Crippen molar-refractivity contribution in [2.45, 2.75) is 75.8 Å². The molecule has 1 heterocycles. The van der Waals surface area contributed by atoms with Crippen molar-refractivity contribution in [3.05, 3.63) is 145 Å². The van der Waals surface area contributed by atoms with Gasteiger partial charge in [-0.05, 0) is 83.2 Å². The van der Waals surface area contributed by atoms with E-state index < -0.39 is 23.8 Å². The summed E-state index contributed by atoms with van der Waals surface area (Å²) in [4.78, 5) is 22.8. The molecule has 0 saturated heterocycles. The van der Waals surface area contributed by atoms with Gasteiger partial charge in [0.25, 0.3) is 0 Å². The molecule has 2 N–H and O–H groups in total. The maximum absolute atomic E-state index is 14.8. The number of hydrogen-bond acceptors (Lipinski definition) is 9. The lowest BCUT2D eigenvalue weighted by Gasteiger charge is -2.59. The second-order valence-electron chi connectivity index (χ2n) is 16.2. The number of aliphatic hydroxyl groups is 2. The van der Waals surface area contributed by atoms with Crippen molar-refractivity contribution in [2.24, 2.45) is 22.9 Å². The fourth-order valence-electron chi connectivity index (χ4n) is 9.78. The molecule has 328 valence electrons. The van der Waals surface area contributed by atoms with E-state index in [4.69, 9.17) is 40.5 Å². The van der Waals surface area contributed by atoms with E-state index in [0.717, 1.165) is 58.7 Å². The molecule has 3 aliphatic rings. The molecule has 6 atom stereocenters. The van der Waals surface area contributed by atoms with Crippen molar-refractivity contribution in [3.8, 4) is 11.5 Å². The standard InChI is InChI=1S/C51H59ClN2O8/c1-3-28-58-40-23-24-46-44(32-40)48-42(22-11-13-27-56)38(18-10-12-26-55)31-43-45(53-61-35-36-15-6-5-7-16-36)33-47(51(62-46,49(43)48)60-29-4-2)54(50(57)59-30-25-52)34-39-20-14-19-37-17-8-9-21-41(37)39/h3-9,14-17,19-21,23-24,31-32,38,42,47-49,55-56H,1-2,10-13,18,22,25-30,33-35H2/t38-,42+,47-,48+,49+,51+/m0/s1. The lowest BCUT2D eigenvalue weighted by molar-refractivity contribution is -0.256. The number of ether oxygens (including phenoxy) is 4. The number of benzene rings is 4. The second kappa shape index (κ2) is 21.8. The van der Waals surface area contributed by atoms with Gasteiger partial charge < -0.3 is 34.0 Å². The summed E-state index contributed by atoms with van der Waals surface area (Å²) in [6.45, 7) is 9.03. The van der Waals surface area contributed by atoms with Gasteiger partial charge in [0.05, 0.1) is 30.7 Å². The van der Waals surface area contributed by atoms with Crippen molar-refractivity contribution in [3.63, 3.8) is 0 Å². The van der Waals surface area contributed by atoms with Crippen molar-refractivity contribution in [1.29, 1.82) is 0 Å². The number of halogens is 1. The summed E-state index contributed by atoms with van der Waals surface area (Å²) in [6.07, 6.45) is 10.0. The van der Waals surface area contributed by atoms with Gasteiger partial charge in [0, 0.05) is 31.1 Å². The van der Waals surface area contributed by atoms with E-state index in [-0.39, 0.29) is 69.6 Å². The molecule has 10 nitrogen and oxygen atoms in total. The Kier molecular flexibility index (Phi) is 15.8. The number of oxime groups is 1. The van der Waals surface area contributed by atoms with Crippen LogP contribution in [0.15, 0.2) is 133 Å². The molecular weight excluding hydrogens is 804 g/mol. The molecular formula is C51H59ClN2O8. The van der Waals surface area contributed by atoms with Crippen LogP contribution in [0.2, 0.25) is 0 Å². The first-order chi connectivity index (χ1) is 30.5. The molecule has 11 heteroatoms. The summed E-state index contributed by atoms with van der Waals surface area (Å²) in [6, 6.07) is 29.2. The Morgan fingerprint density at radius 3 is 2.45 bits per heavy atom. The predicted molar refractivity (Wildman–Crippen MR) is 243 cm³/mol. The Morgan fingerprint density at radius 2 is 1.68 bits per heavy atom. The number of unbranched alkanes of at least 4 members (excludes halogenated alkanes) is 2. The van der Waals surface area contributed by atoms with Crippen LogP contribution in [0.5, 0.6) is 11.5 Å². The highest BCUT2D eigenvalue weighted by atomic mass is 35.5. The molecule has 0 bridgehead atoms. The average Bonchev–Trinajstić information content (AvgIpc) is 3.30. The van der Waals surface area contributed by atoms with Gasteiger partial charge in [-0.1, -0.05) is 116 Å². The Hall–Kier alpha value is -5.13. The lowest BCUT2D eigenvalue weighted by atomic mass is 9.55. The normalized spacial score (nSPS) is 23.0. The average molecular weight is 863 g/mol. The number of carbonyl (C=O) groups excluding carboxylic acids is 1. The third-order valence-electron chi connectivity index (χ3n) is 12.4. The monoisotopic (exact) mass is 862 g/mol. The maximum Gasteiger partial charge on any atom is 0.410 e. The van der Waals surface area contributed by atoms with Crippen LogP contribution >= 0.6 is 11.6 Å². The largest absolute Gasteiger partial charge is 0.490 e. The lowest BCUT2D eigenvalue weighted by Crippen LogP contribution is -2.70. The number of alkyl halides is 1. The van der Waals surface area contributed by atoms with Gasteiger partial charge in [-0.15, -0.1) is 18.2 Å². The molecule has 1 aliphatic heterocycles. The Labute approximate surface area is 370 Å². The molecule has 4 aromatic carbocycles. The molecule has 0 unspecified atom stereocenters. The predicted octanol–water partition coefficient (Wildman–Crippen LogP) is 10.1. The number of rotatable bonds is 22. The SMILES string of the molecule is C=CCOc1ccc2c(c1)[C@H]1[C@H](CCCCO)[C@@H](CCCCO)C=C3C(=NOCc4ccccc4)C[C@H](N(Cc4cccc5ccccc45)C(=O)OCCCl)[C@@](OCC=C)(O2)[C@H]31. The molecule has 4 aromatic rings. The minimum atomic E-state index is -1.46. The first-order valence-electron chi connectivity index (χ1n) is 21.9. The molecule has 62 heavy (non-hydrogen) atoms. The van der Waals surface area contributed by atoms with Crippen LogP contribution in [0.25, 0.3) is 10.8 Å². The van der Waals surface area contributed by atoms with Crippen LogP contribution in [-0.4, -0.2) is 77.7 Å². The van der Waals surface area contributed by atoms with E-state index in [9.17, 15) is 15.0 Å². The van der Waals surface area contributed by atoms with Crippen LogP contribution in [0.4, 0.5) is 4.79 Å². The number of fused-ring (bicyclic) bond motifs is 3. The van der Waals surface area contributed by atoms with Crippen molar-refractivity contribution >= 4 is 34.2 Å². The number of hydrogen-bond donors (Lipinski definition) is 2. The van der Waals surface area contributed by atoms with Crippen LogP contribution in [0.1, 0.15) is 67.6 Å². The zero-order valence-corrected chi connectivity index (χ0v) is 36.2. The Balaban J connectivity index is 1.47. The Bertz CT molecular complexity index is 2190. The number of allylic oxidation sites excluding steroid dienone is 1. The summed E-state index contributed by atoms with van der Waals surface area (Å²) >= 11 is 6.16. The zero-order chi connectivity index (χ0) is 43.3. The molecule has 1 saturated carbocycles. The highest BCUT2D eigenvalue weighted by Crippen LogP contribution is 2.62. The topological polar surface area (TPSA) is 119 Å². The first kappa shape index (κ1) is 44.9. The molecule has 0 aromatic heterocycles. The molecule has 1 amide bonds.